The summed E-state index contributed by atoms with van der Waals surface area (Å²) < 4.78 is 15.4. The molecule has 0 N–H and O–H groups in total. The van der Waals surface area contributed by atoms with Gasteiger partial charge in [-0.15, -0.1) is 0 Å². The molecule has 1 fully saturated rings. The van der Waals surface area contributed by atoms with Crippen LogP contribution >= 0.6 is 0 Å². The molecule has 0 atom stereocenters. The minimum absolute atomic E-state index is 0.0568. The minimum Gasteiger partial charge on any atom is -0.451 e. The predicted molar refractivity (Wildman–Crippen MR) is 40.8 cm³/mol. The van der Waals surface area contributed by atoms with Crippen LogP contribution in [0.3, 0.4) is 0 Å². The first kappa shape index (κ1) is 8.11. The van der Waals surface area contributed by atoms with E-state index < -0.39 is 0 Å². The SMILES string of the molecule is COB1CCCB(OC)O1. The minimum atomic E-state index is -0.0568. The van der Waals surface area contributed by atoms with Gasteiger partial charge in [-0.1, -0.05) is 6.42 Å². The first-order valence-corrected chi connectivity index (χ1v) is 3.58. The van der Waals surface area contributed by atoms with Crippen molar-refractivity contribution in [3.63, 3.8) is 0 Å². The number of hydrogen-bond acceptors (Lipinski definition) is 3. The molecule has 0 aromatic carbocycles. The zero-order valence-corrected chi connectivity index (χ0v) is 6.50. The Morgan fingerprint density at radius 3 is 2.00 bits per heavy atom. The summed E-state index contributed by atoms with van der Waals surface area (Å²) in [6.45, 7) is 0. The van der Waals surface area contributed by atoms with Crippen molar-refractivity contribution < 1.29 is 13.9 Å². The van der Waals surface area contributed by atoms with E-state index in [1.54, 1.807) is 14.2 Å². The van der Waals surface area contributed by atoms with Crippen molar-refractivity contribution >= 4 is 14.2 Å². The Kier molecular flexibility index (Phi) is 3.25. The summed E-state index contributed by atoms with van der Waals surface area (Å²) in [4.78, 5) is 0. The lowest BCUT2D eigenvalue weighted by molar-refractivity contribution is 0.267. The van der Waals surface area contributed by atoms with Crippen LogP contribution in [0, 0.1) is 0 Å². The van der Waals surface area contributed by atoms with Crippen molar-refractivity contribution in [2.24, 2.45) is 0 Å². The van der Waals surface area contributed by atoms with Crippen molar-refractivity contribution in [1.29, 1.82) is 0 Å². The molecular weight excluding hydrogens is 130 g/mol. The zero-order valence-electron chi connectivity index (χ0n) is 6.50. The maximum atomic E-state index is 5.34. The Balaban J connectivity index is 2.25. The molecule has 1 saturated heterocycles. The predicted octanol–water partition coefficient (Wildman–Crippen LogP) is 0.676. The normalized spacial score (nSPS) is 19.8. The van der Waals surface area contributed by atoms with Crippen LogP contribution in [0.15, 0.2) is 0 Å². The van der Waals surface area contributed by atoms with Crippen LogP contribution in [-0.4, -0.2) is 28.5 Å². The molecule has 5 heteroatoms. The summed E-state index contributed by atoms with van der Waals surface area (Å²) >= 11 is 0. The van der Waals surface area contributed by atoms with E-state index >= 15 is 0 Å². The van der Waals surface area contributed by atoms with Gasteiger partial charge in [0.05, 0.1) is 0 Å². The molecule has 1 aliphatic rings. The third-order valence-electron chi connectivity index (χ3n) is 1.71. The van der Waals surface area contributed by atoms with Crippen LogP contribution in [-0.2, 0) is 13.9 Å². The molecule has 0 unspecified atom stereocenters. The Morgan fingerprint density at radius 1 is 1.10 bits per heavy atom. The molecule has 0 radical (unpaired) electrons. The van der Waals surface area contributed by atoms with Crippen LogP contribution in [0.5, 0.6) is 0 Å². The Labute approximate surface area is 62.3 Å². The summed E-state index contributed by atoms with van der Waals surface area (Å²) in [5.41, 5.74) is 0. The highest BCUT2D eigenvalue weighted by Gasteiger charge is 2.30. The van der Waals surface area contributed by atoms with Crippen LogP contribution < -0.4 is 0 Å². The summed E-state index contributed by atoms with van der Waals surface area (Å²) in [6.07, 6.45) is 3.09. The molecule has 1 aliphatic heterocycles. The van der Waals surface area contributed by atoms with Gasteiger partial charge >= 0.3 is 14.2 Å². The summed E-state index contributed by atoms with van der Waals surface area (Å²) in [7, 11) is 3.20. The lowest BCUT2D eigenvalue weighted by Gasteiger charge is -2.21. The van der Waals surface area contributed by atoms with Gasteiger partial charge in [0.1, 0.15) is 0 Å². The van der Waals surface area contributed by atoms with E-state index in [0.717, 1.165) is 19.1 Å². The summed E-state index contributed by atoms with van der Waals surface area (Å²) in [5, 5.41) is 0. The van der Waals surface area contributed by atoms with E-state index in [9.17, 15) is 0 Å². The van der Waals surface area contributed by atoms with Crippen LogP contribution in [0.2, 0.25) is 12.6 Å². The molecule has 3 nitrogen and oxygen atoms in total. The molecular formula is C5H12B2O3. The van der Waals surface area contributed by atoms with E-state index in [-0.39, 0.29) is 14.2 Å². The molecule has 1 heterocycles. The van der Waals surface area contributed by atoms with E-state index in [4.69, 9.17) is 13.9 Å². The summed E-state index contributed by atoms with van der Waals surface area (Å²) in [5.74, 6) is 0. The van der Waals surface area contributed by atoms with E-state index in [0.29, 0.717) is 0 Å². The van der Waals surface area contributed by atoms with Gasteiger partial charge in [0.25, 0.3) is 0 Å². The monoisotopic (exact) mass is 142 g/mol. The highest BCUT2D eigenvalue weighted by atomic mass is 16.6. The van der Waals surface area contributed by atoms with Crippen molar-refractivity contribution in [2.75, 3.05) is 14.2 Å². The van der Waals surface area contributed by atoms with Crippen molar-refractivity contribution in [3.05, 3.63) is 0 Å². The maximum absolute atomic E-state index is 5.34. The maximum Gasteiger partial charge on any atom is 0.442 e. The van der Waals surface area contributed by atoms with Crippen LogP contribution in [0.25, 0.3) is 0 Å². The highest BCUT2D eigenvalue weighted by Crippen LogP contribution is 2.15. The van der Waals surface area contributed by atoms with E-state index in [2.05, 4.69) is 0 Å². The van der Waals surface area contributed by atoms with Gasteiger partial charge in [0.15, 0.2) is 0 Å². The smallest absolute Gasteiger partial charge is 0.442 e. The Morgan fingerprint density at radius 2 is 1.60 bits per heavy atom. The standard InChI is InChI=1S/C5H12B2O3/c1-8-6-4-3-5-7(9-2)10-6/h3-5H2,1-2H3. The average molecular weight is 142 g/mol. The molecule has 0 aromatic heterocycles. The molecule has 1 rings (SSSR count). The fraction of sp³-hybridized carbons (Fsp3) is 1.00. The van der Waals surface area contributed by atoms with Gasteiger partial charge in [0, 0.05) is 14.2 Å². The first-order chi connectivity index (χ1) is 4.86. The lowest BCUT2D eigenvalue weighted by Crippen LogP contribution is -2.36. The van der Waals surface area contributed by atoms with E-state index in [1.807, 2.05) is 0 Å². The number of rotatable bonds is 2. The van der Waals surface area contributed by atoms with Gasteiger partial charge in [-0.2, -0.15) is 0 Å². The van der Waals surface area contributed by atoms with Crippen LogP contribution in [0.4, 0.5) is 0 Å². The van der Waals surface area contributed by atoms with Gasteiger partial charge in [0.2, 0.25) is 0 Å². The van der Waals surface area contributed by atoms with Crippen LogP contribution in [0.1, 0.15) is 6.42 Å². The van der Waals surface area contributed by atoms with Crippen molar-refractivity contribution in [2.45, 2.75) is 19.1 Å². The van der Waals surface area contributed by atoms with Gasteiger partial charge in [-0.05, 0) is 12.6 Å². The second-order valence-corrected chi connectivity index (χ2v) is 2.40. The van der Waals surface area contributed by atoms with Gasteiger partial charge in [-0.25, -0.2) is 0 Å². The molecule has 0 bridgehead atoms. The fourth-order valence-electron chi connectivity index (χ4n) is 1.10. The number of hydrogen-bond donors (Lipinski definition) is 0. The molecule has 0 aliphatic carbocycles. The zero-order chi connectivity index (χ0) is 7.40. The fourth-order valence-corrected chi connectivity index (χ4v) is 1.10. The molecule has 0 saturated carbocycles. The highest BCUT2D eigenvalue weighted by molar-refractivity contribution is 6.60. The molecule has 0 aromatic rings. The van der Waals surface area contributed by atoms with Gasteiger partial charge in [-0.3, -0.25) is 0 Å². The third-order valence-corrected chi connectivity index (χ3v) is 1.71. The van der Waals surface area contributed by atoms with Crippen molar-refractivity contribution in [3.8, 4) is 0 Å². The Hall–Kier alpha value is 0.00987. The lowest BCUT2D eigenvalue weighted by atomic mass is 9.66. The Bertz CT molecular complexity index is 90.9. The first-order valence-electron chi connectivity index (χ1n) is 3.58. The van der Waals surface area contributed by atoms with E-state index in [1.165, 1.54) is 0 Å². The molecule has 56 valence electrons. The largest absolute Gasteiger partial charge is 0.451 e. The second kappa shape index (κ2) is 4.01. The molecule has 10 heavy (non-hydrogen) atoms. The quantitative estimate of drug-likeness (QED) is 0.530. The topological polar surface area (TPSA) is 27.7 Å². The molecule has 0 amide bonds. The van der Waals surface area contributed by atoms with Crippen molar-refractivity contribution in [1.82, 2.24) is 0 Å². The third kappa shape index (κ3) is 2.01. The summed E-state index contributed by atoms with van der Waals surface area (Å²) in [6, 6.07) is 0. The molecule has 0 spiro atoms. The second-order valence-electron chi connectivity index (χ2n) is 2.40. The average Bonchev–Trinajstić information content (AvgIpc) is 2.05. The van der Waals surface area contributed by atoms with Gasteiger partial charge < -0.3 is 13.9 Å².